The van der Waals surface area contributed by atoms with Crippen molar-refractivity contribution in [2.75, 3.05) is 12.0 Å². The SMILES string of the molecule is COc1cc(Br)cc2c1N(C(=O)OC(C)(C)C)C(c1ccc(F)cc1)CC2. The molecule has 2 aromatic rings. The number of anilines is 1. The quantitative estimate of drug-likeness (QED) is 0.578. The fraction of sp³-hybridized carbons (Fsp3) is 0.381. The van der Waals surface area contributed by atoms with Gasteiger partial charge in [-0.1, -0.05) is 28.1 Å². The molecule has 0 bridgehead atoms. The van der Waals surface area contributed by atoms with Gasteiger partial charge in [-0.05, 0) is 69.0 Å². The van der Waals surface area contributed by atoms with Crippen LogP contribution in [0.25, 0.3) is 0 Å². The monoisotopic (exact) mass is 435 g/mol. The van der Waals surface area contributed by atoms with Crippen molar-refractivity contribution in [3.8, 4) is 5.75 Å². The first-order valence-corrected chi connectivity index (χ1v) is 9.63. The molecular formula is C21H23BrFNO3. The van der Waals surface area contributed by atoms with Crippen molar-refractivity contribution in [2.24, 2.45) is 0 Å². The highest BCUT2D eigenvalue weighted by Gasteiger charge is 2.37. The Labute approximate surface area is 167 Å². The summed E-state index contributed by atoms with van der Waals surface area (Å²) in [5, 5.41) is 0. The Balaban J connectivity index is 2.13. The molecule has 3 rings (SSSR count). The highest BCUT2D eigenvalue weighted by Crippen LogP contribution is 2.46. The zero-order valence-electron chi connectivity index (χ0n) is 15.9. The van der Waals surface area contributed by atoms with Crippen LogP contribution >= 0.6 is 15.9 Å². The van der Waals surface area contributed by atoms with Crippen LogP contribution in [0, 0.1) is 5.82 Å². The number of aryl methyl sites for hydroxylation is 1. The van der Waals surface area contributed by atoms with E-state index in [4.69, 9.17) is 9.47 Å². The number of fused-ring (bicyclic) bond motifs is 1. The van der Waals surface area contributed by atoms with E-state index in [0.717, 1.165) is 22.0 Å². The summed E-state index contributed by atoms with van der Waals surface area (Å²) in [6.45, 7) is 5.50. The summed E-state index contributed by atoms with van der Waals surface area (Å²) >= 11 is 3.50. The van der Waals surface area contributed by atoms with E-state index in [-0.39, 0.29) is 11.9 Å². The van der Waals surface area contributed by atoms with Crippen LogP contribution in [0.15, 0.2) is 40.9 Å². The van der Waals surface area contributed by atoms with Crippen molar-refractivity contribution in [1.29, 1.82) is 0 Å². The van der Waals surface area contributed by atoms with E-state index in [0.29, 0.717) is 17.9 Å². The summed E-state index contributed by atoms with van der Waals surface area (Å²) in [5.74, 6) is 0.289. The van der Waals surface area contributed by atoms with Gasteiger partial charge in [0.1, 0.15) is 17.2 Å². The van der Waals surface area contributed by atoms with Gasteiger partial charge in [-0.3, -0.25) is 4.90 Å². The molecule has 1 unspecified atom stereocenters. The third-order valence-electron chi connectivity index (χ3n) is 4.42. The van der Waals surface area contributed by atoms with E-state index in [1.165, 1.54) is 12.1 Å². The van der Waals surface area contributed by atoms with Crippen LogP contribution in [0.4, 0.5) is 14.9 Å². The molecular weight excluding hydrogens is 413 g/mol. The van der Waals surface area contributed by atoms with Gasteiger partial charge in [-0.2, -0.15) is 0 Å². The second-order valence-electron chi connectivity index (χ2n) is 7.57. The number of halogens is 2. The average molecular weight is 436 g/mol. The molecule has 0 aromatic heterocycles. The minimum absolute atomic E-state index is 0.261. The molecule has 1 aliphatic heterocycles. The molecule has 6 heteroatoms. The van der Waals surface area contributed by atoms with Gasteiger partial charge < -0.3 is 9.47 Å². The molecule has 0 aliphatic carbocycles. The number of amides is 1. The summed E-state index contributed by atoms with van der Waals surface area (Å²) in [4.78, 5) is 14.8. The molecule has 1 atom stereocenters. The highest BCUT2D eigenvalue weighted by molar-refractivity contribution is 9.10. The van der Waals surface area contributed by atoms with Gasteiger partial charge in [0.2, 0.25) is 0 Å². The first-order valence-electron chi connectivity index (χ1n) is 8.83. The number of hydrogen-bond donors (Lipinski definition) is 0. The fourth-order valence-electron chi connectivity index (χ4n) is 3.36. The van der Waals surface area contributed by atoms with Crippen LogP contribution in [0.1, 0.15) is 44.4 Å². The zero-order chi connectivity index (χ0) is 19.8. The molecule has 0 N–H and O–H groups in total. The molecule has 0 fully saturated rings. The molecule has 0 radical (unpaired) electrons. The molecule has 2 aromatic carbocycles. The van der Waals surface area contributed by atoms with Crippen LogP contribution in [-0.2, 0) is 11.2 Å². The van der Waals surface area contributed by atoms with Crippen LogP contribution in [-0.4, -0.2) is 18.8 Å². The van der Waals surface area contributed by atoms with E-state index < -0.39 is 11.7 Å². The normalized spacial score (nSPS) is 16.7. The van der Waals surface area contributed by atoms with Gasteiger partial charge in [0.15, 0.2) is 0 Å². The van der Waals surface area contributed by atoms with Gasteiger partial charge in [0.25, 0.3) is 0 Å². The first kappa shape index (κ1) is 19.7. The summed E-state index contributed by atoms with van der Waals surface area (Å²) < 4.78 is 25.5. The van der Waals surface area contributed by atoms with Crippen LogP contribution in [0.5, 0.6) is 5.75 Å². The average Bonchev–Trinajstić information content (AvgIpc) is 2.59. The molecule has 0 saturated carbocycles. The molecule has 0 spiro atoms. The third kappa shape index (κ3) is 4.26. The second kappa shape index (κ2) is 7.50. The fourth-order valence-corrected chi connectivity index (χ4v) is 3.84. The number of nitrogens with zero attached hydrogens (tertiary/aromatic N) is 1. The lowest BCUT2D eigenvalue weighted by Gasteiger charge is -2.39. The number of carbonyl (C=O) groups is 1. The van der Waals surface area contributed by atoms with Crippen LogP contribution in [0.3, 0.4) is 0 Å². The maximum Gasteiger partial charge on any atom is 0.415 e. The van der Waals surface area contributed by atoms with Crippen molar-refractivity contribution in [3.05, 3.63) is 57.8 Å². The van der Waals surface area contributed by atoms with E-state index in [9.17, 15) is 9.18 Å². The van der Waals surface area contributed by atoms with Crippen molar-refractivity contribution < 1.29 is 18.7 Å². The Hall–Kier alpha value is -2.08. The molecule has 27 heavy (non-hydrogen) atoms. The van der Waals surface area contributed by atoms with Crippen molar-refractivity contribution >= 4 is 27.7 Å². The maximum absolute atomic E-state index is 13.4. The third-order valence-corrected chi connectivity index (χ3v) is 4.88. The molecule has 1 heterocycles. The summed E-state index contributed by atoms with van der Waals surface area (Å²) in [6.07, 6.45) is 1.03. The van der Waals surface area contributed by atoms with Crippen molar-refractivity contribution in [3.63, 3.8) is 0 Å². The number of ether oxygens (including phenoxy) is 2. The lowest BCUT2D eigenvalue weighted by atomic mass is 9.91. The first-order chi connectivity index (χ1) is 12.7. The molecule has 1 amide bonds. The summed E-state index contributed by atoms with van der Waals surface area (Å²) in [5.41, 5.74) is 1.93. The highest BCUT2D eigenvalue weighted by atomic mass is 79.9. The van der Waals surface area contributed by atoms with Crippen LogP contribution < -0.4 is 9.64 Å². The number of carbonyl (C=O) groups excluding carboxylic acids is 1. The number of methoxy groups -OCH3 is 1. The minimum atomic E-state index is -0.634. The van der Waals surface area contributed by atoms with Crippen molar-refractivity contribution in [2.45, 2.75) is 45.3 Å². The van der Waals surface area contributed by atoms with E-state index in [1.807, 2.05) is 32.9 Å². The predicted molar refractivity (Wildman–Crippen MR) is 107 cm³/mol. The largest absolute Gasteiger partial charge is 0.495 e. The topological polar surface area (TPSA) is 38.8 Å². The molecule has 144 valence electrons. The molecule has 0 saturated heterocycles. The maximum atomic E-state index is 13.4. The summed E-state index contributed by atoms with van der Waals surface area (Å²) in [6, 6.07) is 9.83. The Bertz CT molecular complexity index is 828. The minimum Gasteiger partial charge on any atom is -0.495 e. The number of rotatable bonds is 2. The summed E-state index contributed by atoms with van der Waals surface area (Å²) in [7, 11) is 1.58. The van der Waals surface area contributed by atoms with Gasteiger partial charge in [-0.25, -0.2) is 9.18 Å². The van der Waals surface area contributed by atoms with E-state index in [1.54, 1.807) is 24.1 Å². The molecule has 1 aliphatic rings. The van der Waals surface area contributed by atoms with Gasteiger partial charge in [0.05, 0.1) is 18.8 Å². The lowest BCUT2D eigenvalue weighted by molar-refractivity contribution is 0.0559. The van der Waals surface area contributed by atoms with E-state index in [2.05, 4.69) is 15.9 Å². The Morgan fingerprint density at radius 2 is 1.89 bits per heavy atom. The molecule has 4 nitrogen and oxygen atoms in total. The van der Waals surface area contributed by atoms with Gasteiger partial charge in [-0.15, -0.1) is 0 Å². The Morgan fingerprint density at radius 1 is 1.22 bits per heavy atom. The number of benzene rings is 2. The van der Waals surface area contributed by atoms with Crippen LogP contribution in [0.2, 0.25) is 0 Å². The lowest BCUT2D eigenvalue weighted by Crippen LogP contribution is -2.42. The second-order valence-corrected chi connectivity index (χ2v) is 8.49. The predicted octanol–water partition coefficient (Wildman–Crippen LogP) is 6.03. The Kier molecular flexibility index (Phi) is 5.47. The Morgan fingerprint density at radius 3 is 2.48 bits per heavy atom. The van der Waals surface area contributed by atoms with Gasteiger partial charge >= 0.3 is 6.09 Å². The zero-order valence-corrected chi connectivity index (χ0v) is 17.5. The van der Waals surface area contributed by atoms with E-state index >= 15 is 0 Å². The number of hydrogen-bond acceptors (Lipinski definition) is 3. The smallest absolute Gasteiger partial charge is 0.415 e. The van der Waals surface area contributed by atoms with Gasteiger partial charge in [0, 0.05) is 4.47 Å². The van der Waals surface area contributed by atoms with Crippen molar-refractivity contribution in [1.82, 2.24) is 0 Å². The standard InChI is InChI=1S/C21H23BrFNO3/c1-21(2,3)27-20(25)24-17(13-5-8-16(23)9-6-13)10-7-14-11-15(22)12-18(26-4)19(14)24/h5-6,8-9,11-12,17H,7,10H2,1-4H3.